The highest BCUT2D eigenvalue weighted by Gasteiger charge is 2.35. The van der Waals surface area contributed by atoms with Gasteiger partial charge in [-0.05, 0) is 17.5 Å². The summed E-state index contributed by atoms with van der Waals surface area (Å²) in [7, 11) is -4.21. The molecule has 1 unspecified atom stereocenters. The normalized spacial score (nSPS) is 14.7. The second kappa shape index (κ2) is 6.43. The number of para-hydroxylation sites is 1. The smallest absolute Gasteiger partial charge is 0.404 e. The highest BCUT2D eigenvalue weighted by Crippen LogP contribution is 2.30. The molecule has 0 saturated carbocycles. The summed E-state index contributed by atoms with van der Waals surface area (Å²) in [6, 6.07) is 3.91. The quantitative estimate of drug-likeness (QED) is 0.861. The number of nitrogens with two attached hydrogens (primary N) is 1. The zero-order valence-electron chi connectivity index (χ0n) is 12.4. The molecule has 3 N–H and O–H groups in total. The lowest BCUT2D eigenvalue weighted by atomic mass is 9.88. The summed E-state index contributed by atoms with van der Waals surface area (Å²) >= 11 is 0. The first kappa shape index (κ1) is 18.7. The minimum absolute atomic E-state index is 0.00499. The molecule has 126 valence electrons. The van der Waals surface area contributed by atoms with Gasteiger partial charge in [0, 0.05) is 12.6 Å². The van der Waals surface area contributed by atoms with Crippen LogP contribution < -0.4 is 15.2 Å². The molecule has 0 aliphatic carbocycles. The molecule has 1 atom stereocenters. The van der Waals surface area contributed by atoms with Crippen LogP contribution in [0.5, 0.6) is 5.75 Å². The lowest BCUT2D eigenvalue weighted by Gasteiger charge is -2.30. The van der Waals surface area contributed by atoms with E-state index in [0.717, 1.165) is 12.1 Å². The van der Waals surface area contributed by atoms with Crippen molar-refractivity contribution in [1.29, 1.82) is 0 Å². The van der Waals surface area contributed by atoms with Crippen molar-refractivity contribution >= 4 is 10.0 Å². The fraction of sp³-hybridized carbons (Fsp3) is 0.538. The molecule has 1 rings (SSSR count). The first-order chi connectivity index (χ1) is 9.87. The van der Waals surface area contributed by atoms with Gasteiger partial charge in [-0.25, -0.2) is 13.1 Å². The van der Waals surface area contributed by atoms with Crippen molar-refractivity contribution in [2.45, 2.75) is 38.1 Å². The Morgan fingerprint density at radius 3 is 2.23 bits per heavy atom. The van der Waals surface area contributed by atoms with E-state index in [4.69, 9.17) is 5.73 Å². The molecule has 5 nitrogen and oxygen atoms in total. The van der Waals surface area contributed by atoms with E-state index < -0.39 is 38.5 Å². The van der Waals surface area contributed by atoms with Gasteiger partial charge in [-0.3, -0.25) is 0 Å². The number of sulfonamides is 1. The Hall–Kier alpha value is -1.32. The van der Waals surface area contributed by atoms with Crippen LogP contribution in [0.2, 0.25) is 0 Å². The maximum absolute atomic E-state index is 12.4. The molecule has 0 heterocycles. The van der Waals surface area contributed by atoms with Crippen LogP contribution in [0, 0.1) is 5.41 Å². The minimum atomic E-state index is -4.98. The Balaban J connectivity index is 3.19. The van der Waals surface area contributed by atoms with E-state index in [9.17, 15) is 21.6 Å². The summed E-state index contributed by atoms with van der Waals surface area (Å²) in [5, 5.41) is 0. The zero-order chi connectivity index (χ0) is 17.2. The molecule has 0 fully saturated rings. The fourth-order valence-electron chi connectivity index (χ4n) is 1.71. The number of halogens is 3. The summed E-state index contributed by atoms with van der Waals surface area (Å²) in [6.07, 6.45) is -4.98. The lowest BCUT2D eigenvalue weighted by molar-refractivity contribution is -0.275. The third-order valence-corrected chi connectivity index (χ3v) is 4.45. The molecule has 0 aromatic heterocycles. The van der Waals surface area contributed by atoms with Crippen LogP contribution in [0.15, 0.2) is 29.2 Å². The Morgan fingerprint density at radius 2 is 1.77 bits per heavy atom. The van der Waals surface area contributed by atoms with Gasteiger partial charge in [0.25, 0.3) is 0 Å². The Kier molecular flexibility index (Phi) is 5.47. The zero-order valence-corrected chi connectivity index (χ0v) is 13.3. The molecule has 0 bridgehead atoms. The monoisotopic (exact) mass is 340 g/mol. The van der Waals surface area contributed by atoms with Gasteiger partial charge in [0.15, 0.2) is 0 Å². The van der Waals surface area contributed by atoms with Gasteiger partial charge in [0.1, 0.15) is 10.6 Å². The van der Waals surface area contributed by atoms with Gasteiger partial charge < -0.3 is 10.5 Å². The topological polar surface area (TPSA) is 81.4 Å². The fourth-order valence-corrected chi connectivity index (χ4v) is 3.29. The molecule has 0 amide bonds. The predicted octanol–water partition coefficient (Wildman–Crippen LogP) is 2.24. The second-order valence-electron chi connectivity index (χ2n) is 5.77. The first-order valence-corrected chi connectivity index (χ1v) is 7.92. The summed E-state index contributed by atoms with van der Waals surface area (Å²) < 4.78 is 67.9. The number of hydrogen-bond donors (Lipinski definition) is 2. The Labute approximate surface area is 127 Å². The third kappa shape index (κ3) is 5.15. The van der Waals surface area contributed by atoms with Crippen molar-refractivity contribution in [3.05, 3.63) is 24.3 Å². The van der Waals surface area contributed by atoms with E-state index in [-0.39, 0.29) is 6.54 Å². The summed E-state index contributed by atoms with van der Waals surface area (Å²) in [5.74, 6) is -0.785. The summed E-state index contributed by atoms with van der Waals surface area (Å²) in [4.78, 5) is -0.588. The first-order valence-electron chi connectivity index (χ1n) is 6.44. The maximum Gasteiger partial charge on any atom is 0.573 e. The van der Waals surface area contributed by atoms with Crippen molar-refractivity contribution in [3.8, 4) is 5.75 Å². The van der Waals surface area contributed by atoms with Crippen molar-refractivity contribution < 1.29 is 26.3 Å². The van der Waals surface area contributed by atoms with E-state index in [0.29, 0.717) is 0 Å². The molecule has 0 radical (unpaired) electrons. The van der Waals surface area contributed by atoms with Gasteiger partial charge >= 0.3 is 6.36 Å². The molecule has 22 heavy (non-hydrogen) atoms. The summed E-state index contributed by atoms with van der Waals surface area (Å²) in [6.45, 7) is 5.31. The molecule has 0 aliphatic rings. The second-order valence-corrected chi connectivity index (χ2v) is 7.45. The van der Waals surface area contributed by atoms with Crippen molar-refractivity contribution in [2.75, 3.05) is 6.54 Å². The van der Waals surface area contributed by atoms with E-state index in [1.165, 1.54) is 12.1 Å². The van der Waals surface area contributed by atoms with E-state index in [2.05, 4.69) is 9.46 Å². The molecule has 1 aromatic rings. The van der Waals surface area contributed by atoms with Gasteiger partial charge in [-0.15, -0.1) is 13.2 Å². The number of benzene rings is 1. The molecule has 1 aromatic carbocycles. The van der Waals surface area contributed by atoms with Gasteiger partial charge in [0.05, 0.1) is 0 Å². The molecular weight excluding hydrogens is 321 g/mol. The van der Waals surface area contributed by atoms with Crippen LogP contribution >= 0.6 is 0 Å². The average molecular weight is 340 g/mol. The Bertz CT molecular complexity index is 610. The molecule has 0 aliphatic heterocycles. The number of hydrogen-bond acceptors (Lipinski definition) is 4. The molecular formula is C13H19F3N2O3S. The molecule has 0 saturated heterocycles. The van der Waals surface area contributed by atoms with Crippen LogP contribution in [0.1, 0.15) is 20.8 Å². The maximum atomic E-state index is 12.4. The van der Waals surface area contributed by atoms with Crippen molar-refractivity contribution in [2.24, 2.45) is 11.1 Å². The van der Waals surface area contributed by atoms with Crippen LogP contribution in [-0.4, -0.2) is 27.4 Å². The van der Waals surface area contributed by atoms with Crippen LogP contribution in [0.25, 0.3) is 0 Å². The largest absolute Gasteiger partial charge is 0.573 e. The molecule has 0 spiro atoms. The molecule has 9 heteroatoms. The van der Waals surface area contributed by atoms with Crippen LogP contribution in [-0.2, 0) is 10.0 Å². The van der Waals surface area contributed by atoms with Crippen LogP contribution in [0.3, 0.4) is 0 Å². The highest BCUT2D eigenvalue weighted by molar-refractivity contribution is 7.89. The lowest BCUT2D eigenvalue weighted by Crippen LogP contribution is -2.48. The minimum Gasteiger partial charge on any atom is -0.404 e. The predicted molar refractivity (Wildman–Crippen MR) is 75.7 cm³/mol. The average Bonchev–Trinajstić information content (AvgIpc) is 2.33. The SMILES string of the molecule is CC(C)(C)C(CN)NS(=O)(=O)c1ccccc1OC(F)(F)F. The highest BCUT2D eigenvalue weighted by atomic mass is 32.2. The van der Waals surface area contributed by atoms with Gasteiger partial charge in [-0.2, -0.15) is 0 Å². The van der Waals surface area contributed by atoms with Crippen LogP contribution in [0.4, 0.5) is 13.2 Å². The number of ether oxygens (including phenoxy) is 1. The van der Waals surface area contributed by atoms with Crippen molar-refractivity contribution in [1.82, 2.24) is 4.72 Å². The standard InChI is InChI=1S/C13H19F3N2O3S/c1-12(2,3)11(8-17)18-22(19,20)10-7-5-4-6-9(10)21-13(14,15)16/h4-7,11,18H,8,17H2,1-3H3. The third-order valence-electron chi connectivity index (χ3n) is 2.94. The Morgan fingerprint density at radius 1 is 1.23 bits per heavy atom. The van der Waals surface area contributed by atoms with E-state index >= 15 is 0 Å². The number of rotatable bonds is 5. The number of alkyl halides is 3. The van der Waals surface area contributed by atoms with Crippen molar-refractivity contribution in [3.63, 3.8) is 0 Å². The van der Waals surface area contributed by atoms with Gasteiger partial charge in [-0.1, -0.05) is 32.9 Å². The number of nitrogens with one attached hydrogen (secondary N) is 1. The summed E-state index contributed by atoms with van der Waals surface area (Å²) in [5.41, 5.74) is 5.05. The van der Waals surface area contributed by atoms with E-state index in [1.807, 2.05) is 0 Å². The van der Waals surface area contributed by atoms with E-state index in [1.54, 1.807) is 20.8 Å². The van der Waals surface area contributed by atoms with Gasteiger partial charge in [0.2, 0.25) is 10.0 Å².